The molecule has 112 valence electrons. The lowest BCUT2D eigenvalue weighted by atomic mass is 10.2. The summed E-state index contributed by atoms with van der Waals surface area (Å²) in [6.45, 7) is -0.262. The third-order valence-electron chi connectivity index (χ3n) is 3.02. The standard InChI is InChI=1S/C13H13ClN2O4S/c14-11-5-9(6-15)1-2-12(11)20-7-13(17)16-10-3-4-21(18,19)8-10/h1-2,5,10H,3-4,7-8H2,(H,16,17)/t10-/m1/s1. The van der Waals surface area contributed by atoms with Gasteiger partial charge in [0.1, 0.15) is 5.75 Å². The van der Waals surface area contributed by atoms with Crippen LogP contribution in [0.15, 0.2) is 18.2 Å². The predicted octanol–water partition coefficient (Wildman–Crippen LogP) is 0.894. The van der Waals surface area contributed by atoms with E-state index in [9.17, 15) is 13.2 Å². The van der Waals surface area contributed by atoms with Crippen molar-refractivity contribution in [3.05, 3.63) is 28.8 Å². The van der Waals surface area contributed by atoms with Crippen LogP contribution < -0.4 is 10.1 Å². The van der Waals surface area contributed by atoms with E-state index in [1.165, 1.54) is 18.2 Å². The molecular formula is C13H13ClN2O4S. The first-order chi connectivity index (χ1) is 9.89. The molecule has 8 heteroatoms. The minimum Gasteiger partial charge on any atom is -0.482 e. The van der Waals surface area contributed by atoms with E-state index in [-0.39, 0.29) is 29.2 Å². The van der Waals surface area contributed by atoms with Gasteiger partial charge in [0.25, 0.3) is 5.91 Å². The van der Waals surface area contributed by atoms with Gasteiger partial charge in [-0.1, -0.05) is 11.6 Å². The number of nitrogens with one attached hydrogen (secondary N) is 1. The van der Waals surface area contributed by atoms with Gasteiger partial charge >= 0.3 is 0 Å². The molecular weight excluding hydrogens is 316 g/mol. The minimum atomic E-state index is -3.03. The summed E-state index contributed by atoms with van der Waals surface area (Å²) >= 11 is 5.91. The molecule has 1 atom stereocenters. The van der Waals surface area contributed by atoms with Crippen LogP contribution in [0.2, 0.25) is 5.02 Å². The van der Waals surface area contributed by atoms with Gasteiger partial charge in [-0.2, -0.15) is 5.26 Å². The van der Waals surface area contributed by atoms with E-state index in [0.717, 1.165) is 0 Å². The highest BCUT2D eigenvalue weighted by molar-refractivity contribution is 7.91. The average Bonchev–Trinajstić information content (AvgIpc) is 2.76. The van der Waals surface area contributed by atoms with Gasteiger partial charge in [-0.3, -0.25) is 4.79 Å². The Labute approximate surface area is 127 Å². The molecule has 21 heavy (non-hydrogen) atoms. The zero-order valence-corrected chi connectivity index (χ0v) is 12.6. The van der Waals surface area contributed by atoms with E-state index in [4.69, 9.17) is 21.6 Å². The van der Waals surface area contributed by atoms with Crippen LogP contribution in [0.4, 0.5) is 0 Å². The second kappa shape index (κ2) is 6.33. The fourth-order valence-electron chi connectivity index (χ4n) is 2.01. The van der Waals surface area contributed by atoms with Crippen LogP contribution in [0, 0.1) is 11.3 Å². The van der Waals surface area contributed by atoms with Crippen molar-refractivity contribution >= 4 is 27.3 Å². The highest BCUT2D eigenvalue weighted by Gasteiger charge is 2.28. The summed E-state index contributed by atoms with van der Waals surface area (Å²) in [6.07, 6.45) is 0.422. The number of benzene rings is 1. The summed E-state index contributed by atoms with van der Waals surface area (Å²) in [4.78, 5) is 11.7. The van der Waals surface area contributed by atoms with Crippen molar-refractivity contribution in [2.75, 3.05) is 18.1 Å². The molecule has 1 aromatic carbocycles. The molecule has 2 rings (SSSR count). The number of amides is 1. The lowest BCUT2D eigenvalue weighted by Gasteiger charge is -2.12. The number of hydrogen-bond acceptors (Lipinski definition) is 5. The molecule has 1 aromatic rings. The van der Waals surface area contributed by atoms with Crippen molar-refractivity contribution in [1.82, 2.24) is 5.32 Å². The number of carbonyl (C=O) groups is 1. The molecule has 1 fully saturated rings. The smallest absolute Gasteiger partial charge is 0.258 e. The Morgan fingerprint density at radius 3 is 2.86 bits per heavy atom. The fourth-order valence-corrected chi connectivity index (χ4v) is 3.92. The van der Waals surface area contributed by atoms with Crippen LogP contribution >= 0.6 is 11.6 Å². The van der Waals surface area contributed by atoms with Crippen LogP contribution in [-0.2, 0) is 14.6 Å². The Morgan fingerprint density at radius 2 is 2.29 bits per heavy atom. The molecule has 0 aromatic heterocycles. The number of ether oxygens (including phenoxy) is 1. The first kappa shape index (κ1) is 15.6. The maximum absolute atomic E-state index is 11.7. The molecule has 0 unspecified atom stereocenters. The monoisotopic (exact) mass is 328 g/mol. The van der Waals surface area contributed by atoms with Crippen LogP contribution in [0.3, 0.4) is 0 Å². The Bertz CT molecular complexity index is 697. The minimum absolute atomic E-state index is 0.0314. The summed E-state index contributed by atoms with van der Waals surface area (Å²) in [6, 6.07) is 6.06. The normalized spacial score (nSPS) is 19.7. The van der Waals surface area contributed by atoms with Gasteiger partial charge in [-0.05, 0) is 24.6 Å². The maximum Gasteiger partial charge on any atom is 0.258 e. The molecule has 1 aliphatic rings. The number of halogens is 1. The first-order valence-corrected chi connectivity index (χ1v) is 8.42. The third kappa shape index (κ3) is 4.34. The van der Waals surface area contributed by atoms with Crippen molar-refractivity contribution in [1.29, 1.82) is 5.26 Å². The van der Waals surface area contributed by atoms with E-state index >= 15 is 0 Å². The van der Waals surface area contributed by atoms with Crippen molar-refractivity contribution in [2.24, 2.45) is 0 Å². The van der Waals surface area contributed by atoms with Gasteiger partial charge in [0, 0.05) is 6.04 Å². The topological polar surface area (TPSA) is 96.3 Å². The number of carbonyl (C=O) groups excluding carboxylic acids is 1. The summed E-state index contributed by atoms with van der Waals surface area (Å²) in [5.74, 6) is -0.0428. The molecule has 0 bridgehead atoms. The maximum atomic E-state index is 11.7. The molecule has 0 radical (unpaired) electrons. The second-order valence-corrected chi connectivity index (χ2v) is 7.35. The molecule has 0 saturated carbocycles. The molecule has 1 heterocycles. The van der Waals surface area contributed by atoms with Crippen molar-refractivity contribution in [3.63, 3.8) is 0 Å². The van der Waals surface area contributed by atoms with Gasteiger partial charge in [-0.15, -0.1) is 0 Å². The molecule has 1 saturated heterocycles. The van der Waals surface area contributed by atoms with E-state index in [2.05, 4.69) is 5.32 Å². The highest BCUT2D eigenvalue weighted by atomic mass is 35.5. The van der Waals surface area contributed by atoms with E-state index in [1.54, 1.807) is 0 Å². The molecule has 1 N–H and O–H groups in total. The molecule has 0 spiro atoms. The number of hydrogen-bond donors (Lipinski definition) is 1. The van der Waals surface area contributed by atoms with E-state index in [1.807, 2.05) is 6.07 Å². The number of rotatable bonds is 4. The van der Waals surface area contributed by atoms with Crippen molar-refractivity contribution in [2.45, 2.75) is 12.5 Å². The summed E-state index contributed by atoms with van der Waals surface area (Å²) in [5.41, 5.74) is 0.396. The second-order valence-electron chi connectivity index (χ2n) is 4.71. The van der Waals surface area contributed by atoms with E-state index in [0.29, 0.717) is 17.7 Å². The highest BCUT2D eigenvalue weighted by Crippen LogP contribution is 2.25. The van der Waals surface area contributed by atoms with E-state index < -0.39 is 15.7 Å². The van der Waals surface area contributed by atoms with Crippen LogP contribution in [0.1, 0.15) is 12.0 Å². The zero-order chi connectivity index (χ0) is 15.5. The SMILES string of the molecule is N#Cc1ccc(OCC(=O)N[C@@H]2CCS(=O)(=O)C2)c(Cl)c1. The molecule has 1 aliphatic heterocycles. The van der Waals surface area contributed by atoms with Crippen LogP contribution in [0.5, 0.6) is 5.75 Å². The van der Waals surface area contributed by atoms with Gasteiger partial charge in [-0.25, -0.2) is 8.42 Å². The number of sulfone groups is 1. The lowest BCUT2D eigenvalue weighted by Crippen LogP contribution is -2.38. The van der Waals surface area contributed by atoms with Gasteiger partial charge < -0.3 is 10.1 Å². The van der Waals surface area contributed by atoms with Gasteiger partial charge in [0.05, 0.1) is 28.2 Å². The molecule has 0 aliphatic carbocycles. The zero-order valence-electron chi connectivity index (χ0n) is 11.0. The third-order valence-corrected chi connectivity index (χ3v) is 5.08. The Hall–Kier alpha value is -1.78. The summed E-state index contributed by atoms with van der Waals surface area (Å²) < 4.78 is 27.8. The average molecular weight is 329 g/mol. The van der Waals surface area contributed by atoms with Gasteiger partial charge in [0.2, 0.25) is 0 Å². The Kier molecular flexibility index (Phi) is 4.70. The Morgan fingerprint density at radius 1 is 1.52 bits per heavy atom. The lowest BCUT2D eigenvalue weighted by molar-refractivity contribution is -0.123. The van der Waals surface area contributed by atoms with Gasteiger partial charge in [0.15, 0.2) is 16.4 Å². The quantitative estimate of drug-likeness (QED) is 0.885. The summed E-state index contributed by atoms with van der Waals surface area (Å²) in [7, 11) is -3.03. The number of nitriles is 1. The van der Waals surface area contributed by atoms with Crippen molar-refractivity contribution in [3.8, 4) is 11.8 Å². The Balaban J connectivity index is 1.86. The molecule has 6 nitrogen and oxygen atoms in total. The first-order valence-electron chi connectivity index (χ1n) is 6.22. The van der Waals surface area contributed by atoms with Crippen molar-refractivity contribution < 1.29 is 17.9 Å². The molecule has 1 amide bonds. The largest absolute Gasteiger partial charge is 0.482 e. The van der Waals surface area contributed by atoms with Crippen LogP contribution in [-0.4, -0.2) is 38.5 Å². The van der Waals surface area contributed by atoms with Crippen LogP contribution in [0.25, 0.3) is 0 Å². The fraction of sp³-hybridized carbons (Fsp3) is 0.385. The summed E-state index contributed by atoms with van der Waals surface area (Å²) in [5, 5.41) is 11.6. The number of nitrogens with zero attached hydrogens (tertiary/aromatic N) is 1. The predicted molar refractivity (Wildman–Crippen MR) is 76.9 cm³/mol.